The van der Waals surface area contributed by atoms with Gasteiger partial charge in [0.1, 0.15) is 0 Å². The van der Waals surface area contributed by atoms with Crippen molar-refractivity contribution in [3.8, 4) is 0 Å². The van der Waals surface area contributed by atoms with E-state index in [4.69, 9.17) is 0 Å². The van der Waals surface area contributed by atoms with Crippen molar-refractivity contribution in [3.05, 3.63) is 12.2 Å². The van der Waals surface area contributed by atoms with Gasteiger partial charge in [0, 0.05) is 0 Å². The standard InChI is InChI=1S/C16H32/c1-12(2)8-14(5)10-16(7)11-15(6)9-13(3)4/h13-16H,1,8-11H2,2-7H3. The molecule has 0 N–H and O–H groups in total. The molecule has 16 heavy (non-hydrogen) atoms. The van der Waals surface area contributed by atoms with E-state index >= 15 is 0 Å². The molecule has 96 valence electrons. The molecule has 0 aliphatic heterocycles. The Morgan fingerprint density at radius 3 is 1.69 bits per heavy atom. The van der Waals surface area contributed by atoms with Gasteiger partial charge >= 0.3 is 0 Å². The summed E-state index contributed by atoms with van der Waals surface area (Å²) >= 11 is 0. The van der Waals surface area contributed by atoms with Gasteiger partial charge in [-0.2, -0.15) is 0 Å². The Bertz CT molecular complexity index is 190. The molecule has 0 aromatic rings. The van der Waals surface area contributed by atoms with E-state index in [-0.39, 0.29) is 0 Å². The lowest BCUT2D eigenvalue weighted by Gasteiger charge is -2.21. The zero-order valence-electron chi connectivity index (χ0n) is 12.3. The predicted molar refractivity (Wildman–Crippen MR) is 75.6 cm³/mol. The summed E-state index contributed by atoms with van der Waals surface area (Å²) in [4.78, 5) is 0. The van der Waals surface area contributed by atoms with Crippen LogP contribution in [0.1, 0.15) is 67.2 Å². The van der Waals surface area contributed by atoms with E-state index in [9.17, 15) is 0 Å². The molecule has 0 saturated heterocycles. The van der Waals surface area contributed by atoms with Crippen LogP contribution in [-0.4, -0.2) is 0 Å². The summed E-state index contributed by atoms with van der Waals surface area (Å²) in [6, 6.07) is 0. The Morgan fingerprint density at radius 2 is 1.25 bits per heavy atom. The highest BCUT2D eigenvalue weighted by atomic mass is 14.2. The molecule has 0 saturated carbocycles. The zero-order chi connectivity index (χ0) is 12.7. The van der Waals surface area contributed by atoms with Crippen LogP contribution in [0.4, 0.5) is 0 Å². The van der Waals surface area contributed by atoms with E-state index in [1.807, 2.05) is 0 Å². The highest BCUT2D eigenvalue weighted by Gasteiger charge is 2.13. The molecule has 0 fully saturated rings. The van der Waals surface area contributed by atoms with Crippen molar-refractivity contribution in [1.82, 2.24) is 0 Å². The van der Waals surface area contributed by atoms with Crippen LogP contribution in [-0.2, 0) is 0 Å². The summed E-state index contributed by atoms with van der Waals surface area (Å²) in [7, 11) is 0. The molecule has 0 bridgehead atoms. The smallest absolute Gasteiger partial charge is 0.0300 e. The van der Waals surface area contributed by atoms with Gasteiger partial charge in [-0.3, -0.25) is 0 Å². The third kappa shape index (κ3) is 9.00. The maximum absolute atomic E-state index is 4.00. The van der Waals surface area contributed by atoms with Crippen LogP contribution >= 0.6 is 0 Å². The molecule has 0 heterocycles. The first-order valence-electron chi connectivity index (χ1n) is 6.95. The maximum Gasteiger partial charge on any atom is -0.0300 e. The van der Waals surface area contributed by atoms with Gasteiger partial charge in [0.05, 0.1) is 0 Å². The van der Waals surface area contributed by atoms with Crippen LogP contribution in [0.3, 0.4) is 0 Å². The van der Waals surface area contributed by atoms with Crippen molar-refractivity contribution in [2.75, 3.05) is 0 Å². The number of hydrogen-bond donors (Lipinski definition) is 0. The molecule has 0 nitrogen and oxygen atoms in total. The Kier molecular flexibility index (Phi) is 7.80. The minimum atomic E-state index is 0.804. The summed E-state index contributed by atoms with van der Waals surface area (Å²) in [6.45, 7) is 18.0. The Morgan fingerprint density at radius 1 is 0.812 bits per heavy atom. The molecule has 0 radical (unpaired) electrons. The van der Waals surface area contributed by atoms with Crippen molar-refractivity contribution in [2.45, 2.75) is 67.2 Å². The Balaban J connectivity index is 3.79. The molecule has 0 amide bonds. The number of rotatable bonds is 8. The molecule has 0 aromatic carbocycles. The molecule has 0 aliphatic carbocycles. The highest BCUT2D eigenvalue weighted by Crippen LogP contribution is 2.26. The third-order valence-corrected chi connectivity index (χ3v) is 3.18. The first kappa shape index (κ1) is 15.7. The van der Waals surface area contributed by atoms with E-state index in [0.29, 0.717) is 0 Å². The first-order valence-corrected chi connectivity index (χ1v) is 6.95. The summed E-state index contributed by atoms with van der Waals surface area (Å²) in [6.07, 6.45) is 5.32. The van der Waals surface area contributed by atoms with E-state index in [0.717, 1.165) is 23.7 Å². The maximum atomic E-state index is 4.00. The molecule has 0 spiro atoms. The quantitative estimate of drug-likeness (QED) is 0.465. The second-order valence-electron chi connectivity index (χ2n) is 6.58. The topological polar surface area (TPSA) is 0 Å². The van der Waals surface area contributed by atoms with Crippen LogP contribution in [0.15, 0.2) is 12.2 Å². The van der Waals surface area contributed by atoms with E-state index in [1.54, 1.807) is 0 Å². The van der Waals surface area contributed by atoms with Gasteiger partial charge in [0.25, 0.3) is 0 Å². The van der Waals surface area contributed by atoms with E-state index < -0.39 is 0 Å². The Hall–Kier alpha value is -0.260. The molecule has 0 aliphatic rings. The summed E-state index contributed by atoms with van der Waals surface area (Å²) in [5.74, 6) is 3.39. The van der Waals surface area contributed by atoms with Crippen LogP contribution in [0, 0.1) is 23.7 Å². The molecule has 0 aromatic heterocycles. The van der Waals surface area contributed by atoms with Crippen molar-refractivity contribution in [3.63, 3.8) is 0 Å². The van der Waals surface area contributed by atoms with Crippen LogP contribution in [0.25, 0.3) is 0 Å². The van der Waals surface area contributed by atoms with Crippen molar-refractivity contribution in [1.29, 1.82) is 0 Å². The minimum absolute atomic E-state index is 0.804. The minimum Gasteiger partial charge on any atom is -0.100 e. The van der Waals surface area contributed by atoms with E-state index in [2.05, 4.69) is 48.1 Å². The second kappa shape index (κ2) is 7.92. The van der Waals surface area contributed by atoms with Crippen molar-refractivity contribution < 1.29 is 0 Å². The fraction of sp³-hybridized carbons (Fsp3) is 0.875. The lowest BCUT2D eigenvalue weighted by Crippen LogP contribution is -2.09. The van der Waals surface area contributed by atoms with Gasteiger partial charge in [-0.1, -0.05) is 40.2 Å². The molecule has 3 atom stereocenters. The normalized spacial score (nSPS) is 17.2. The molecular weight excluding hydrogens is 192 g/mol. The largest absolute Gasteiger partial charge is 0.100 e. The van der Waals surface area contributed by atoms with Crippen LogP contribution < -0.4 is 0 Å². The highest BCUT2D eigenvalue weighted by molar-refractivity contribution is 4.89. The van der Waals surface area contributed by atoms with Crippen LogP contribution in [0.2, 0.25) is 0 Å². The summed E-state index contributed by atoms with van der Waals surface area (Å²) < 4.78 is 0. The molecular formula is C16H32. The molecule has 3 unspecified atom stereocenters. The lowest BCUT2D eigenvalue weighted by molar-refractivity contribution is 0.312. The number of hydrogen-bond acceptors (Lipinski definition) is 0. The SMILES string of the molecule is C=C(C)CC(C)CC(C)CC(C)CC(C)C. The average molecular weight is 224 g/mol. The summed E-state index contributed by atoms with van der Waals surface area (Å²) in [5, 5.41) is 0. The van der Waals surface area contributed by atoms with Gasteiger partial charge in [-0.25, -0.2) is 0 Å². The summed E-state index contributed by atoms with van der Waals surface area (Å²) in [5.41, 5.74) is 1.33. The molecule has 0 heteroatoms. The second-order valence-corrected chi connectivity index (χ2v) is 6.58. The third-order valence-electron chi connectivity index (χ3n) is 3.18. The van der Waals surface area contributed by atoms with Gasteiger partial charge in [0.15, 0.2) is 0 Å². The fourth-order valence-corrected chi connectivity index (χ4v) is 3.05. The van der Waals surface area contributed by atoms with Crippen molar-refractivity contribution >= 4 is 0 Å². The predicted octanol–water partition coefficient (Wildman–Crippen LogP) is 5.69. The Labute approximate surface area is 104 Å². The van der Waals surface area contributed by atoms with Gasteiger partial charge < -0.3 is 0 Å². The monoisotopic (exact) mass is 224 g/mol. The first-order chi connectivity index (χ1) is 7.31. The zero-order valence-corrected chi connectivity index (χ0v) is 12.3. The van der Waals surface area contributed by atoms with Gasteiger partial charge in [0.2, 0.25) is 0 Å². The van der Waals surface area contributed by atoms with Gasteiger partial charge in [-0.15, -0.1) is 6.58 Å². The van der Waals surface area contributed by atoms with Gasteiger partial charge in [-0.05, 0) is 56.3 Å². The average Bonchev–Trinajstić information content (AvgIpc) is 1.97. The van der Waals surface area contributed by atoms with E-state index in [1.165, 1.54) is 31.3 Å². The molecule has 0 rings (SSSR count). The number of allylic oxidation sites excluding steroid dienone is 1. The van der Waals surface area contributed by atoms with Crippen LogP contribution in [0.5, 0.6) is 0 Å². The van der Waals surface area contributed by atoms with Crippen molar-refractivity contribution in [2.24, 2.45) is 23.7 Å². The lowest BCUT2D eigenvalue weighted by atomic mass is 9.84. The fourth-order valence-electron chi connectivity index (χ4n) is 3.05.